The van der Waals surface area contributed by atoms with Crippen molar-refractivity contribution in [2.75, 3.05) is 23.2 Å². The predicted molar refractivity (Wildman–Crippen MR) is 89.7 cm³/mol. The van der Waals surface area contributed by atoms with Gasteiger partial charge in [-0.15, -0.1) is 22.0 Å². The lowest BCUT2D eigenvalue weighted by atomic mass is 10.3. The van der Waals surface area contributed by atoms with Gasteiger partial charge < -0.3 is 11.2 Å². The van der Waals surface area contributed by atoms with E-state index in [0.717, 1.165) is 29.2 Å². The minimum Gasteiger partial charge on any atom is -0.336 e. The van der Waals surface area contributed by atoms with Crippen LogP contribution in [0.2, 0.25) is 0 Å². The van der Waals surface area contributed by atoms with E-state index in [1.165, 1.54) is 16.4 Å². The second-order valence-electron chi connectivity index (χ2n) is 5.02. The normalized spacial score (nSPS) is 14.0. The predicted octanol–water partition coefficient (Wildman–Crippen LogP) is 2.32. The molecule has 116 valence electrons. The summed E-state index contributed by atoms with van der Waals surface area (Å²) in [6.07, 6.45) is 4.22. The molecule has 0 radical (unpaired) electrons. The lowest BCUT2D eigenvalue weighted by molar-refractivity contribution is -0.113. The number of nitrogens with one attached hydrogen (secondary N) is 1. The highest BCUT2D eigenvalue weighted by Gasteiger charge is 2.30. The van der Waals surface area contributed by atoms with E-state index in [-0.39, 0.29) is 11.7 Å². The lowest BCUT2D eigenvalue weighted by Gasteiger charge is -2.08. The van der Waals surface area contributed by atoms with Crippen LogP contribution < -0.4 is 11.2 Å². The molecule has 1 aromatic carbocycles. The van der Waals surface area contributed by atoms with Gasteiger partial charge in [-0.1, -0.05) is 23.9 Å². The van der Waals surface area contributed by atoms with Crippen molar-refractivity contribution >= 4 is 35.1 Å². The molecule has 1 heterocycles. The highest BCUT2D eigenvalue weighted by atomic mass is 32.2. The van der Waals surface area contributed by atoms with Crippen LogP contribution in [0.15, 0.2) is 34.3 Å². The van der Waals surface area contributed by atoms with Crippen molar-refractivity contribution in [3.8, 4) is 0 Å². The van der Waals surface area contributed by atoms with E-state index in [1.54, 1.807) is 11.8 Å². The average Bonchev–Trinajstić information content (AvgIpc) is 3.30. The zero-order valence-electron chi connectivity index (χ0n) is 12.2. The summed E-state index contributed by atoms with van der Waals surface area (Å²) in [4.78, 5) is 13.1. The Morgan fingerprint density at radius 1 is 1.41 bits per heavy atom. The smallest absolute Gasteiger partial charge is 0.234 e. The van der Waals surface area contributed by atoms with Gasteiger partial charge in [0, 0.05) is 10.8 Å². The number of hydrogen-bond acceptors (Lipinski definition) is 6. The SMILES string of the molecule is CSc1ccccc1NC(=O)CSc1nnc(C2CC2)n1N. The average molecular weight is 335 g/mol. The molecule has 0 spiro atoms. The Hall–Kier alpha value is -1.67. The Kier molecular flexibility index (Phi) is 4.58. The molecule has 1 aliphatic carbocycles. The molecule has 0 aliphatic heterocycles. The lowest BCUT2D eigenvalue weighted by Crippen LogP contribution is -2.17. The third-order valence-electron chi connectivity index (χ3n) is 3.35. The molecule has 1 aliphatic rings. The standard InChI is InChI=1S/C14H17N5OS2/c1-21-11-5-3-2-4-10(11)16-12(20)8-22-14-18-17-13(19(14)15)9-6-7-9/h2-5,9H,6-8,15H2,1H3,(H,16,20). The summed E-state index contributed by atoms with van der Waals surface area (Å²) < 4.78 is 1.51. The van der Waals surface area contributed by atoms with Gasteiger partial charge in [-0.25, -0.2) is 4.68 Å². The summed E-state index contributed by atoms with van der Waals surface area (Å²) in [5.74, 6) is 7.39. The number of thioether (sulfide) groups is 2. The number of nitrogen functional groups attached to an aromatic ring is 1. The third kappa shape index (κ3) is 3.38. The highest BCUT2D eigenvalue weighted by Crippen LogP contribution is 2.39. The number of benzene rings is 1. The van der Waals surface area contributed by atoms with Gasteiger partial charge in [0.2, 0.25) is 11.1 Å². The van der Waals surface area contributed by atoms with Crippen LogP contribution in [0.1, 0.15) is 24.6 Å². The molecule has 3 rings (SSSR count). The summed E-state index contributed by atoms with van der Waals surface area (Å²) in [7, 11) is 0. The minimum atomic E-state index is -0.0810. The summed E-state index contributed by atoms with van der Waals surface area (Å²) >= 11 is 2.90. The highest BCUT2D eigenvalue weighted by molar-refractivity contribution is 7.99. The van der Waals surface area contributed by atoms with Crippen molar-refractivity contribution in [3.63, 3.8) is 0 Å². The molecule has 3 N–H and O–H groups in total. The number of para-hydroxylation sites is 1. The van der Waals surface area contributed by atoms with Gasteiger partial charge in [-0.3, -0.25) is 4.79 Å². The molecule has 0 bridgehead atoms. The van der Waals surface area contributed by atoms with Crippen LogP contribution in [-0.4, -0.2) is 32.8 Å². The first-order valence-corrected chi connectivity index (χ1v) is 9.16. The monoisotopic (exact) mass is 335 g/mol. The van der Waals surface area contributed by atoms with Crippen molar-refractivity contribution in [3.05, 3.63) is 30.1 Å². The van der Waals surface area contributed by atoms with E-state index >= 15 is 0 Å². The molecule has 0 atom stereocenters. The van der Waals surface area contributed by atoms with E-state index in [9.17, 15) is 4.79 Å². The number of rotatable bonds is 6. The van der Waals surface area contributed by atoms with Crippen LogP contribution in [-0.2, 0) is 4.79 Å². The summed E-state index contributed by atoms with van der Waals surface area (Å²) in [6, 6.07) is 7.73. The second-order valence-corrected chi connectivity index (χ2v) is 6.81. The van der Waals surface area contributed by atoms with Gasteiger partial charge in [0.25, 0.3) is 0 Å². The Morgan fingerprint density at radius 3 is 2.91 bits per heavy atom. The summed E-state index contributed by atoms with van der Waals surface area (Å²) in [5.41, 5.74) is 0.827. The number of nitrogens with two attached hydrogens (primary N) is 1. The zero-order valence-corrected chi connectivity index (χ0v) is 13.8. The van der Waals surface area contributed by atoms with Crippen molar-refractivity contribution in [1.29, 1.82) is 0 Å². The van der Waals surface area contributed by atoms with Crippen molar-refractivity contribution < 1.29 is 4.79 Å². The maximum Gasteiger partial charge on any atom is 0.234 e. The molecule has 1 saturated carbocycles. The van der Waals surface area contributed by atoms with Gasteiger partial charge in [-0.2, -0.15) is 0 Å². The zero-order chi connectivity index (χ0) is 15.5. The van der Waals surface area contributed by atoms with E-state index in [0.29, 0.717) is 11.1 Å². The molecule has 22 heavy (non-hydrogen) atoms. The fraction of sp³-hybridized carbons (Fsp3) is 0.357. The van der Waals surface area contributed by atoms with Gasteiger partial charge in [0.15, 0.2) is 5.82 Å². The molecule has 0 unspecified atom stereocenters. The number of anilines is 1. The summed E-state index contributed by atoms with van der Waals surface area (Å²) in [6.45, 7) is 0. The van der Waals surface area contributed by atoms with E-state index in [4.69, 9.17) is 5.84 Å². The van der Waals surface area contributed by atoms with E-state index < -0.39 is 0 Å². The van der Waals surface area contributed by atoms with Crippen LogP contribution in [0, 0.1) is 0 Å². The first kappa shape index (κ1) is 15.2. The number of nitrogens with zero attached hydrogens (tertiary/aromatic N) is 3. The van der Waals surface area contributed by atoms with Gasteiger partial charge >= 0.3 is 0 Å². The van der Waals surface area contributed by atoms with Crippen molar-refractivity contribution in [1.82, 2.24) is 14.9 Å². The first-order chi connectivity index (χ1) is 10.7. The molecule has 8 heteroatoms. The number of carbonyl (C=O) groups excluding carboxylic acids is 1. The molecular weight excluding hydrogens is 318 g/mol. The van der Waals surface area contributed by atoms with Crippen molar-refractivity contribution in [2.45, 2.75) is 28.8 Å². The molecular formula is C14H17N5OS2. The largest absolute Gasteiger partial charge is 0.336 e. The molecule has 0 saturated heterocycles. The quantitative estimate of drug-likeness (QED) is 0.622. The number of carbonyl (C=O) groups is 1. The number of aromatic nitrogens is 3. The maximum absolute atomic E-state index is 12.1. The van der Waals surface area contributed by atoms with Gasteiger partial charge in [-0.05, 0) is 31.2 Å². The molecule has 1 fully saturated rings. The van der Waals surface area contributed by atoms with Crippen LogP contribution in [0.3, 0.4) is 0 Å². The second kappa shape index (κ2) is 6.62. The van der Waals surface area contributed by atoms with Crippen LogP contribution in [0.5, 0.6) is 0 Å². The maximum atomic E-state index is 12.1. The van der Waals surface area contributed by atoms with Gasteiger partial charge in [0.05, 0.1) is 11.4 Å². The van der Waals surface area contributed by atoms with E-state index in [1.807, 2.05) is 30.5 Å². The Morgan fingerprint density at radius 2 is 2.18 bits per heavy atom. The Balaban J connectivity index is 1.58. The third-order valence-corrected chi connectivity index (χ3v) is 5.09. The van der Waals surface area contributed by atoms with E-state index in [2.05, 4.69) is 15.5 Å². The molecule has 2 aromatic rings. The fourth-order valence-corrected chi connectivity index (χ4v) is 3.29. The fourth-order valence-electron chi connectivity index (χ4n) is 2.07. The van der Waals surface area contributed by atoms with Crippen LogP contribution in [0.4, 0.5) is 5.69 Å². The van der Waals surface area contributed by atoms with Gasteiger partial charge in [0.1, 0.15) is 0 Å². The summed E-state index contributed by atoms with van der Waals surface area (Å²) in [5, 5.41) is 11.6. The number of hydrogen-bond donors (Lipinski definition) is 2. The Bertz CT molecular complexity index is 684. The molecule has 1 amide bonds. The molecule has 6 nitrogen and oxygen atoms in total. The number of amides is 1. The van der Waals surface area contributed by atoms with Crippen molar-refractivity contribution in [2.24, 2.45) is 0 Å². The Labute approximate surface area is 137 Å². The first-order valence-electron chi connectivity index (χ1n) is 6.95. The van der Waals surface area contributed by atoms with Crippen LogP contribution in [0.25, 0.3) is 0 Å². The minimum absolute atomic E-state index is 0.0810. The topological polar surface area (TPSA) is 85.8 Å². The van der Waals surface area contributed by atoms with Crippen LogP contribution >= 0.6 is 23.5 Å². The molecule has 1 aromatic heterocycles.